The summed E-state index contributed by atoms with van der Waals surface area (Å²) in [6.07, 6.45) is 7.06. The second kappa shape index (κ2) is 4.81. The van der Waals surface area contributed by atoms with E-state index in [0.717, 1.165) is 22.3 Å². The predicted molar refractivity (Wildman–Crippen MR) is 71.4 cm³/mol. The molecule has 0 bridgehead atoms. The molecule has 3 rings (SSSR count). The highest BCUT2D eigenvalue weighted by Gasteiger charge is 2.11. The van der Waals surface area contributed by atoms with E-state index >= 15 is 0 Å². The van der Waals surface area contributed by atoms with Crippen molar-refractivity contribution in [2.45, 2.75) is 20.1 Å². The quantitative estimate of drug-likeness (QED) is 0.779. The van der Waals surface area contributed by atoms with Crippen molar-refractivity contribution < 1.29 is 4.74 Å². The Morgan fingerprint density at radius 2 is 2.32 bits per heavy atom. The van der Waals surface area contributed by atoms with Gasteiger partial charge in [0.1, 0.15) is 18.2 Å². The van der Waals surface area contributed by atoms with Crippen LogP contribution in [0.1, 0.15) is 20.1 Å². The van der Waals surface area contributed by atoms with Crippen molar-refractivity contribution in [1.82, 2.24) is 24.7 Å². The third-order valence-corrected chi connectivity index (χ3v) is 3.01. The SMILES string of the molecule is CCOC(C)n1cc(-c2ncnc3[nH]ccc23)cn1. The summed E-state index contributed by atoms with van der Waals surface area (Å²) >= 11 is 0. The van der Waals surface area contributed by atoms with Crippen molar-refractivity contribution in [2.24, 2.45) is 0 Å². The lowest BCUT2D eigenvalue weighted by Crippen LogP contribution is -2.09. The predicted octanol–water partition coefficient (Wildman–Crippen LogP) is 2.38. The maximum atomic E-state index is 5.51. The van der Waals surface area contributed by atoms with E-state index in [9.17, 15) is 0 Å². The summed E-state index contributed by atoms with van der Waals surface area (Å²) in [5, 5.41) is 5.32. The van der Waals surface area contributed by atoms with Crippen LogP contribution in [0.2, 0.25) is 0 Å². The van der Waals surface area contributed by atoms with Gasteiger partial charge in [0.05, 0.1) is 11.9 Å². The molecule has 98 valence electrons. The Labute approximate surface area is 110 Å². The number of fused-ring (bicyclic) bond motifs is 1. The molecule has 0 aliphatic heterocycles. The zero-order chi connectivity index (χ0) is 13.2. The van der Waals surface area contributed by atoms with E-state index in [2.05, 4.69) is 20.1 Å². The molecule has 0 saturated carbocycles. The Morgan fingerprint density at radius 1 is 1.42 bits per heavy atom. The standard InChI is InChI=1S/C13H15N5O/c1-3-19-9(2)18-7-10(6-17-18)12-11-4-5-14-13(11)16-8-15-12/h4-9H,3H2,1-2H3,(H,14,15,16). The van der Waals surface area contributed by atoms with Crippen LogP contribution in [-0.4, -0.2) is 31.3 Å². The van der Waals surface area contributed by atoms with E-state index in [0.29, 0.717) is 6.61 Å². The van der Waals surface area contributed by atoms with Crippen molar-refractivity contribution in [1.29, 1.82) is 0 Å². The zero-order valence-electron chi connectivity index (χ0n) is 10.9. The fourth-order valence-corrected chi connectivity index (χ4v) is 2.08. The van der Waals surface area contributed by atoms with Gasteiger partial charge in [-0.2, -0.15) is 5.10 Å². The molecule has 3 aromatic heterocycles. The van der Waals surface area contributed by atoms with E-state index in [1.165, 1.54) is 0 Å². The molecule has 1 N–H and O–H groups in total. The smallest absolute Gasteiger partial charge is 0.147 e. The van der Waals surface area contributed by atoms with Crippen LogP contribution >= 0.6 is 0 Å². The molecule has 0 aliphatic carbocycles. The van der Waals surface area contributed by atoms with Gasteiger partial charge in [0.2, 0.25) is 0 Å². The molecule has 3 heterocycles. The fourth-order valence-electron chi connectivity index (χ4n) is 2.08. The van der Waals surface area contributed by atoms with Gasteiger partial charge in [0, 0.05) is 30.0 Å². The Balaban J connectivity index is 2.00. The Bertz CT molecular complexity index is 687. The van der Waals surface area contributed by atoms with Crippen LogP contribution in [0.4, 0.5) is 0 Å². The number of hydrogen-bond donors (Lipinski definition) is 1. The van der Waals surface area contributed by atoms with Crippen molar-refractivity contribution in [2.75, 3.05) is 6.61 Å². The minimum absolute atomic E-state index is 0.0812. The molecule has 0 aromatic carbocycles. The van der Waals surface area contributed by atoms with Crippen LogP contribution < -0.4 is 0 Å². The second-order valence-electron chi connectivity index (χ2n) is 4.23. The summed E-state index contributed by atoms with van der Waals surface area (Å²) in [7, 11) is 0. The Morgan fingerprint density at radius 3 is 3.16 bits per heavy atom. The normalized spacial score (nSPS) is 12.9. The highest BCUT2D eigenvalue weighted by Crippen LogP contribution is 2.24. The lowest BCUT2D eigenvalue weighted by molar-refractivity contribution is 0.0160. The first-order valence-corrected chi connectivity index (χ1v) is 6.24. The van der Waals surface area contributed by atoms with Gasteiger partial charge in [-0.3, -0.25) is 0 Å². The van der Waals surface area contributed by atoms with Crippen LogP contribution in [-0.2, 0) is 4.74 Å². The third-order valence-electron chi connectivity index (χ3n) is 3.01. The average Bonchev–Trinajstić information content (AvgIpc) is 3.07. The van der Waals surface area contributed by atoms with Gasteiger partial charge >= 0.3 is 0 Å². The Kier molecular flexibility index (Phi) is 3.00. The van der Waals surface area contributed by atoms with Crippen molar-refractivity contribution >= 4 is 11.0 Å². The summed E-state index contributed by atoms with van der Waals surface area (Å²) < 4.78 is 7.30. The number of nitrogens with one attached hydrogen (secondary N) is 1. The van der Waals surface area contributed by atoms with E-state index in [1.54, 1.807) is 17.2 Å². The minimum atomic E-state index is -0.0812. The van der Waals surface area contributed by atoms with E-state index in [1.807, 2.05) is 32.3 Å². The molecule has 1 unspecified atom stereocenters. The maximum Gasteiger partial charge on any atom is 0.147 e. The first-order valence-electron chi connectivity index (χ1n) is 6.24. The number of H-pyrrole nitrogens is 1. The highest BCUT2D eigenvalue weighted by molar-refractivity contribution is 5.89. The van der Waals surface area contributed by atoms with Gasteiger partial charge in [-0.1, -0.05) is 0 Å². The molecule has 6 nitrogen and oxygen atoms in total. The first-order chi connectivity index (χ1) is 9.29. The van der Waals surface area contributed by atoms with Gasteiger partial charge in [-0.15, -0.1) is 0 Å². The summed E-state index contributed by atoms with van der Waals surface area (Å²) in [6.45, 7) is 4.59. The van der Waals surface area contributed by atoms with Crippen LogP contribution in [0.5, 0.6) is 0 Å². The molecule has 0 aliphatic rings. The average molecular weight is 257 g/mol. The number of hydrogen-bond acceptors (Lipinski definition) is 4. The lowest BCUT2D eigenvalue weighted by atomic mass is 10.2. The highest BCUT2D eigenvalue weighted by atomic mass is 16.5. The molecule has 6 heteroatoms. The molecule has 0 fully saturated rings. The lowest BCUT2D eigenvalue weighted by Gasteiger charge is -2.11. The number of nitrogens with zero attached hydrogens (tertiary/aromatic N) is 4. The van der Waals surface area contributed by atoms with Crippen LogP contribution in [0, 0.1) is 0 Å². The van der Waals surface area contributed by atoms with E-state index in [-0.39, 0.29) is 6.23 Å². The molecule has 19 heavy (non-hydrogen) atoms. The molecular formula is C13H15N5O. The van der Waals surface area contributed by atoms with Crippen LogP contribution in [0.3, 0.4) is 0 Å². The summed E-state index contributed by atoms with van der Waals surface area (Å²) in [5.74, 6) is 0. The molecule has 0 spiro atoms. The minimum Gasteiger partial charge on any atom is -0.357 e. The molecule has 1 atom stereocenters. The van der Waals surface area contributed by atoms with Crippen LogP contribution in [0.15, 0.2) is 31.0 Å². The van der Waals surface area contributed by atoms with Crippen molar-refractivity contribution in [3.63, 3.8) is 0 Å². The number of aromatic nitrogens is 5. The molecular weight excluding hydrogens is 242 g/mol. The molecule has 0 amide bonds. The monoisotopic (exact) mass is 257 g/mol. The van der Waals surface area contributed by atoms with E-state index < -0.39 is 0 Å². The zero-order valence-corrected chi connectivity index (χ0v) is 10.9. The molecule has 0 saturated heterocycles. The van der Waals surface area contributed by atoms with Gasteiger partial charge < -0.3 is 9.72 Å². The van der Waals surface area contributed by atoms with Gasteiger partial charge in [-0.05, 0) is 19.9 Å². The number of ether oxygens (including phenoxy) is 1. The summed E-state index contributed by atoms with van der Waals surface area (Å²) in [5.41, 5.74) is 2.66. The van der Waals surface area contributed by atoms with Gasteiger partial charge in [0.25, 0.3) is 0 Å². The number of aromatic amines is 1. The second-order valence-corrected chi connectivity index (χ2v) is 4.23. The summed E-state index contributed by atoms with van der Waals surface area (Å²) in [6, 6.07) is 1.97. The van der Waals surface area contributed by atoms with Gasteiger partial charge in [0.15, 0.2) is 0 Å². The topological polar surface area (TPSA) is 68.6 Å². The summed E-state index contributed by atoms with van der Waals surface area (Å²) in [4.78, 5) is 11.6. The molecule has 0 radical (unpaired) electrons. The largest absolute Gasteiger partial charge is 0.357 e. The molecule has 3 aromatic rings. The third kappa shape index (κ3) is 2.10. The van der Waals surface area contributed by atoms with Crippen molar-refractivity contribution in [3.8, 4) is 11.3 Å². The first kappa shape index (κ1) is 11.9. The van der Waals surface area contributed by atoms with Crippen LogP contribution in [0.25, 0.3) is 22.3 Å². The maximum absolute atomic E-state index is 5.51. The van der Waals surface area contributed by atoms with Gasteiger partial charge in [-0.25, -0.2) is 14.6 Å². The van der Waals surface area contributed by atoms with Crippen molar-refractivity contribution in [3.05, 3.63) is 31.0 Å². The Hall–Kier alpha value is -2.21. The number of rotatable bonds is 4. The van der Waals surface area contributed by atoms with E-state index in [4.69, 9.17) is 4.74 Å². The fraction of sp³-hybridized carbons (Fsp3) is 0.308.